The molecule has 0 spiro atoms. The smallest absolute Gasteiger partial charge is 0.251 e. The zero-order chi connectivity index (χ0) is 16.1. The summed E-state index contributed by atoms with van der Waals surface area (Å²) in [6.07, 6.45) is 3.28. The second-order valence-electron chi connectivity index (χ2n) is 5.85. The molecule has 1 aromatic heterocycles. The van der Waals surface area contributed by atoms with Crippen LogP contribution in [0.15, 0.2) is 36.7 Å². The van der Waals surface area contributed by atoms with E-state index in [1.165, 1.54) is 0 Å². The summed E-state index contributed by atoms with van der Waals surface area (Å²) in [5, 5.41) is 11.3. The first-order valence-electron chi connectivity index (χ1n) is 7.39. The van der Waals surface area contributed by atoms with E-state index in [9.17, 15) is 4.79 Å². The van der Waals surface area contributed by atoms with Crippen molar-refractivity contribution in [2.75, 3.05) is 19.0 Å². The molecular formula is C16H23N5O. The molecule has 6 nitrogen and oxygen atoms in total. The van der Waals surface area contributed by atoms with Gasteiger partial charge in [0, 0.05) is 25.3 Å². The van der Waals surface area contributed by atoms with Crippen molar-refractivity contribution in [1.82, 2.24) is 20.3 Å². The van der Waals surface area contributed by atoms with Crippen LogP contribution < -0.4 is 10.2 Å². The molecule has 2 aromatic rings. The van der Waals surface area contributed by atoms with Crippen LogP contribution in [0.2, 0.25) is 0 Å². The lowest BCUT2D eigenvalue weighted by atomic mass is 10.0. The Morgan fingerprint density at radius 1 is 1.18 bits per heavy atom. The molecule has 0 fully saturated rings. The van der Waals surface area contributed by atoms with Crippen molar-refractivity contribution in [3.63, 3.8) is 0 Å². The Labute approximate surface area is 131 Å². The Kier molecular flexibility index (Phi) is 5.14. The van der Waals surface area contributed by atoms with Crippen LogP contribution in [0.25, 0.3) is 0 Å². The van der Waals surface area contributed by atoms with E-state index >= 15 is 0 Å². The Hall–Kier alpha value is -2.37. The predicted molar refractivity (Wildman–Crippen MR) is 86.9 cm³/mol. The molecule has 0 saturated carbocycles. The first-order valence-corrected chi connectivity index (χ1v) is 7.39. The van der Waals surface area contributed by atoms with Gasteiger partial charge < -0.3 is 10.2 Å². The third-order valence-corrected chi connectivity index (χ3v) is 3.59. The van der Waals surface area contributed by atoms with Crippen molar-refractivity contribution in [2.24, 2.45) is 5.92 Å². The molecule has 1 amide bonds. The minimum absolute atomic E-state index is 0.0200. The molecule has 0 aliphatic rings. The SMILES string of the molecule is CC(C)C(Cn1nccn1)NC(=O)c1ccc(N(C)C)cc1. The van der Waals surface area contributed by atoms with E-state index in [1.807, 2.05) is 43.3 Å². The largest absolute Gasteiger partial charge is 0.378 e. The molecule has 118 valence electrons. The monoisotopic (exact) mass is 301 g/mol. The maximum Gasteiger partial charge on any atom is 0.251 e. The second kappa shape index (κ2) is 7.06. The van der Waals surface area contributed by atoms with Gasteiger partial charge in [-0.3, -0.25) is 4.79 Å². The highest BCUT2D eigenvalue weighted by atomic mass is 16.1. The number of hydrogen-bond donors (Lipinski definition) is 1. The van der Waals surface area contributed by atoms with Crippen LogP contribution in [0, 0.1) is 5.92 Å². The molecule has 22 heavy (non-hydrogen) atoms. The molecule has 1 N–H and O–H groups in total. The molecule has 1 unspecified atom stereocenters. The number of carbonyl (C=O) groups is 1. The van der Waals surface area contributed by atoms with Crippen LogP contribution >= 0.6 is 0 Å². The number of aromatic nitrogens is 3. The third-order valence-electron chi connectivity index (χ3n) is 3.59. The highest BCUT2D eigenvalue weighted by Crippen LogP contribution is 2.13. The second-order valence-corrected chi connectivity index (χ2v) is 5.85. The Morgan fingerprint density at radius 2 is 1.77 bits per heavy atom. The van der Waals surface area contributed by atoms with Gasteiger partial charge in [-0.25, -0.2) is 0 Å². The van der Waals surface area contributed by atoms with Gasteiger partial charge in [0.05, 0.1) is 25.0 Å². The van der Waals surface area contributed by atoms with E-state index in [0.717, 1.165) is 5.69 Å². The fraction of sp³-hybridized carbons (Fsp3) is 0.438. The van der Waals surface area contributed by atoms with Gasteiger partial charge in [0.1, 0.15) is 0 Å². The van der Waals surface area contributed by atoms with Gasteiger partial charge in [-0.2, -0.15) is 15.0 Å². The van der Waals surface area contributed by atoms with Crippen LogP contribution in [-0.4, -0.2) is 41.0 Å². The minimum Gasteiger partial charge on any atom is -0.378 e. The zero-order valence-electron chi connectivity index (χ0n) is 13.5. The van der Waals surface area contributed by atoms with Gasteiger partial charge in [0.15, 0.2) is 0 Å². The Balaban J connectivity index is 2.04. The normalized spacial score (nSPS) is 12.2. The lowest BCUT2D eigenvalue weighted by molar-refractivity contribution is 0.0918. The van der Waals surface area contributed by atoms with Crippen LogP contribution in [0.5, 0.6) is 0 Å². The van der Waals surface area contributed by atoms with Crippen molar-refractivity contribution in [3.8, 4) is 0 Å². The summed E-state index contributed by atoms with van der Waals surface area (Å²) in [4.78, 5) is 16.0. The van der Waals surface area contributed by atoms with Gasteiger partial charge in [-0.05, 0) is 30.2 Å². The third kappa shape index (κ3) is 4.07. The van der Waals surface area contributed by atoms with E-state index in [4.69, 9.17) is 0 Å². The predicted octanol–water partition coefficient (Wildman–Crippen LogP) is 1.80. The number of hydrogen-bond acceptors (Lipinski definition) is 4. The van der Waals surface area contributed by atoms with Gasteiger partial charge >= 0.3 is 0 Å². The van der Waals surface area contributed by atoms with E-state index in [-0.39, 0.29) is 17.9 Å². The molecule has 2 rings (SSSR count). The van der Waals surface area contributed by atoms with E-state index in [1.54, 1.807) is 17.2 Å². The summed E-state index contributed by atoms with van der Waals surface area (Å²) in [5.41, 5.74) is 1.72. The molecule has 0 bridgehead atoms. The number of carbonyl (C=O) groups excluding carboxylic acids is 1. The molecule has 1 heterocycles. The molecule has 1 atom stereocenters. The quantitative estimate of drug-likeness (QED) is 0.883. The zero-order valence-corrected chi connectivity index (χ0v) is 13.5. The fourth-order valence-electron chi connectivity index (χ4n) is 2.10. The Morgan fingerprint density at radius 3 is 2.27 bits per heavy atom. The van der Waals surface area contributed by atoms with Gasteiger partial charge in [-0.15, -0.1) is 0 Å². The molecular weight excluding hydrogens is 278 g/mol. The number of nitrogens with one attached hydrogen (secondary N) is 1. The van der Waals surface area contributed by atoms with Crippen LogP contribution in [0.3, 0.4) is 0 Å². The van der Waals surface area contributed by atoms with Gasteiger partial charge in [0.25, 0.3) is 5.91 Å². The molecule has 1 aromatic carbocycles. The maximum atomic E-state index is 12.4. The highest BCUT2D eigenvalue weighted by Gasteiger charge is 2.18. The number of benzene rings is 1. The maximum absolute atomic E-state index is 12.4. The summed E-state index contributed by atoms with van der Waals surface area (Å²) in [6, 6.07) is 7.54. The molecule has 0 aliphatic heterocycles. The molecule has 0 radical (unpaired) electrons. The lowest BCUT2D eigenvalue weighted by Gasteiger charge is -2.22. The topological polar surface area (TPSA) is 63.1 Å². The summed E-state index contributed by atoms with van der Waals surface area (Å²) in [7, 11) is 3.95. The van der Waals surface area contributed by atoms with Crippen LogP contribution in [0.1, 0.15) is 24.2 Å². The van der Waals surface area contributed by atoms with Crippen LogP contribution in [0.4, 0.5) is 5.69 Å². The fourth-order valence-corrected chi connectivity index (χ4v) is 2.10. The van der Waals surface area contributed by atoms with Crippen molar-refractivity contribution >= 4 is 11.6 Å². The van der Waals surface area contributed by atoms with E-state index in [0.29, 0.717) is 12.1 Å². The standard InChI is InChI=1S/C16H23N5O/c1-12(2)15(11-21-17-9-10-18-21)19-16(22)13-5-7-14(8-6-13)20(3)4/h5-10,12,15H,11H2,1-4H3,(H,19,22). The average Bonchev–Trinajstić information content (AvgIpc) is 2.99. The van der Waals surface area contributed by atoms with E-state index in [2.05, 4.69) is 29.4 Å². The number of amides is 1. The molecule has 0 aliphatic carbocycles. The summed E-state index contributed by atoms with van der Waals surface area (Å²) >= 11 is 0. The lowest BCUT2D eigenvalue weighted by Crippen LogP contribution is -2.42. The van der Waals surface area contributed by atoms with Crippen molar-refractivity contribution in [3.05, 3.63) is 42.2 Å². The highest BCUT2D eigenvalue weighted by molar-refractivity contribution is 5.94. The summed E-state index contributed by atoms with van der Waals surface area (Å²) < 4.78 is 0. The average molecular weight is 301 g/mol. The first kappa shape index (κ1) is 16.0. The molecule has 6 heteroatoms. The Bertz CT molecular complexity index is 590. The minimum atomic E-state index is -0.0730. The summed E-state index contributed by atoms with van der Waals surface area (Å²) in [6.45, 7) is 4.71. The van der Waals surface area contributed by atoms with Gasteiger partial charge in [0.2, 0.25) is 0 Å². The molecule has 0 saturated heterocycles. The van der Waals surface area contributed by atoms with Crippen LogP contribution in [-0.2, 0) is 6.54 Å². The number of anilines is 1. The number of rotatable bonds is 6. The van der Waals surface area contributed by atoms with Crippen molar-refractivity contribution < 1.29 is 4.79 Å². The number of nitrogens with zero attached hydrogens (tertiary/aromatic N) is 4. The van der Waals surface area contributed by atoms with Crippen molar-refractivity contribution in [1.29, 1.82) is 0 Å². The summed E-state index contributed by atoms with van der Waals surface area (Å²) in [5.74, 6) is 0.215. The first-order chi connectivity index (χ1) is 10.5. The van der Waals surface area contributed by atoms with Gasteiger partial charge in [-0.1, -0.05) is 13.8 Å². The van der Waals surface area contributed by atoms with E-state index < -0.39 is 0 Å². The van der Waals surface area contributed by atoms with Crippen molar-refractivity contribution in [2.45, 2.75) is 26.4 Å².